The van der Waals surface area contributed by atoms with E-state index in [0.717, 1.165) is 19.4 Å². The highest BCUT2D eigenvalue weighted by Crippen LogP contribution is 2.13. The highest BCUT2D eigenvalue weighted by Gasteiger charge is 1.95. The van der Waals surface area contributed by atoms with Gasteiger partial charge in [-0.3, -0.25) is 0 Å². The summed E-state index contributed by atoms with van der Waals surface area (Å²) in [5.41, 5.74) is 3.83. The molecule has 0 aliphatic heterocycles. The van der Waals surface area contributed by atoms with Gasteiger partial charge in [0.25, 0.3) is 6.16 Å². The van der Waals surface area contributed by atoms with Crippen LogP contribution in [0, 0.1) is 0 Å². The summed E-state index contributed by atoms with van der Waals surface area (Å²) in [5, 5.41) is 10.0. The number of carbonyl (C=O) groups excluding carboxylic acids is 1. The van der Waals surface area contributed by atoms with Crippen molar-refractivity contribution in [1.29, 1.82) is 0 Å². The molecule has 0 saturated carbocycles. The number of ether oxygens (including phenoxy) is 1. The van der Waals surface area contributed by atoms with E-state index in [1.807, 2.05) is 0 Å². The predicted octanol–water partition coefficient (Wildman–Crippen LogP) is 7.98. The molecule has 0 radical (unpaired) electrons. The van der Waals surface area contributed by atoms with Crippen LogP contribution in [0.15, 0.2) is 0 Å². The van der Waals surface area contributed by atoms with Crippen LogP contribution in [0.3, 0.4) is 0 Å². The van der Waals surface area contributed by atoms with Gasteiger partial charge >= 0.3 is 0 Å². The SMILES string of the molecule is CCCCCCCCCCCCCCCCCCOC(=O)[O-].CCCCCCCCCC[NH3+]. The second kappa shape index (κ2) is 33.4. The van der Waals surface area contributed by atoms with Gasteiger partial charge in [-0.05, 0) is 19.3 Å². The minimum Gasteiger partial charge on any atom is -0.550 e. The molecule has 0 unspecified atom stereocenters. The average molecular weight is 472 g/mol. The number of carbonyl (C=O) groups is 1. The smallest absolute Gasteiger partial charge is 0.251 e. The monoisotopic (exact) mass is 471 g/mol. The Bertz CT molecular complexity index is 342. The minimum absolute atomic E-state index is 0.292. The van der Waals surface area contributed by atoms with Crippen molar-refractivity contribution in [2.75, 3.05) is 13.2 Å². The molecular weight excluding hydrogens is 410 g/mol. The number of quaternary nitrogens is 1. The Labute approximate surface area is 207 Å². The molecule has 3 N–H and O–H groups in total. The fourth-order valence-corrected chi connectivity index (χ4v) is 4.12. The predicted molar refractivity (Wildman–Crippen MR) is 141 cm³/mol. The van der Waals surface area contributed by atoms with E-state index in [0.29, 0.717) is 6.61 Å². The van der Waals surface area contributed by atoms with Crippen molar-refractivity contribution in [3.05, 3.63) is 0 Å². The molecule has 0 fully saturated rings. The van der Waals surface area contributed by atoms with Crippen LogP contribution < -0.4 is 10.8 Å². The van der Waals surface area contributed by atoms with Gasteiger partial charge in [0.15, 0.2) is 0 Å². The third-order valence-corrected chi connectivity index (χ3v) is 6.32. The molecule has 0 aliphatic rings. The molecule has 0 rings (SSSR count). The van der Waals surface area contributed by atoms with Gasteiger partial charge in [-0.15, -0.1) is 0 Å². The van der Waals surface area contributed by atoms with Crippen LogP contribution in [0.4, 0.5) is 4.79 Å². The van der Waals surface area contributed by atoms with E-state index < -0.39 is 6.16 Å². The van der Waals surface area contributed by atoms with Crippen molar-refractivity contribution >= 4 is 6.16 Å². The third-order valence-electron chi connectivity index (χ3n) is 6.32. The molecule has 4 nitrogen and oxygen atoms in total. The van der Waals surface area contributed by atoms with Crippen molar-refractivity contribution in [3.63, 3.8) is 0 Å². The Morgan fingerprint density at radius 2 is 0.788 bits per heavy atom. The first-order chi connectivity index (χ1) is 16.2. The van der Waals surface area contributed by atoms with Gasteiger partial charge in [0.2, 0.25) is 0 Å². The van der Waals surface area contributed by atoms with E-state index in [4.69, 9.17) is 0 Å². The lowest BCUT2D eigenvalue weighted by Gasteiger charge is -2.07. The molecule has 0 amide bonds. The topological polar surface area (TPSA) is 77.0 Å². The Hall–Kier alpha value is -0.770. The van der Waals surface area contributed by atoms with Gasteiger partial charge in [0.05, 0.1) is 6.54 Å². The quantitative estimate of drug-likeness (QED) is 0.108. The second-order valence-corrected chi connectivity index (χ2v) is 9.73. The lowest BCUT2D eigenvalue weighted by molar-refractivity contribution is -0.368. The van der Waals surface area contributed by atoms with Gasteiger partial charge in [-0.25, -0.2) is 0 Å². The van der Waals surface area contributed by atoms with E-state index in [2.05, 4.69) is 24.3 Å². The van der Waals surface area contributed by atoms with Crippen LogP contribution >= 0.6 is 0 Å². The largest absolute Gasteiger partial charge is 0.550 e. The maximum Gasteiger partial charge on any atom is 0.251 e. The molecule has 0 aromatic heterocycles. The maximum atomic E-state index is 10.0. The van der Waals surface area contributed by atoms with Crippen LogP contribution in [0.2, 0.25) is 0 Å². The Morgan fingerprint density at radius 1 is 0.515 bits per heavy atom. The highest BCUT2D eigenvalue weighted by atomic mass is 16.7. The lowest BCUT2D eigenvalue weighted by atomic mass is 10.0. The molecule has 0 bridgehead atoms. The molecule has 33 heavy (non-hydrogen) atoms. The first-order valence-corrected chi connectivity index (χ1v) is 14.8. The lowest BCUT2D eigenvalue weighted by Crippen LogP contribution is -2.50. The number of unbranched alkanes of at least 4 members (excludes halogenated alkanes) is 22. The number of carboxylic acid groups (broad SMARTS) is 1. The number of rotatable bonds is 25. The fraction of sp³-hybridized carbons (Fsp3) is 0.966. The number of hydrogen-bond donors (Lipinski definition) is 1. The molecule has 0 heterocycles. The van der Waals surface area contributed by atoms with Crippen molar-refractivity contribution < 1.29 is 20.4 Å². The molecule has 0 saturated heterocycles. The van der Waals surface area contributed by atoms with Crippen LogP contribution in [0.25, 0.3) is 0 Å². The average Bonchev–Trinajstić information content (AvgIpc) is 2.81. The first-order valence-electron chi connectivity index (χ1n) is 14.8. The summed E-state index contributed by atoms with van der Waals surface area (Å²) in [4.78, 5) is 10.0. The molecule has 0 aromatic rings. The van der Waals surface area contributed by atoms with Crippen molar-refractivity contribution in [3.8, 4) is 0 Å². The molecule has 0 spiro atoms. The Kier molecular flexibility index (Phi) is 34.8. The van der Waals surface area contributed by atoms with E-state index >= 15 is 0 Å². The molecule has 200 valence electrons. The zero-order valence-corrected chi connectivity index (χ0v) is 22.8. The van der Waals surface area contributed by atoms with Crippen molar-refractivity contribution in [1.82, 2.24) is 0 Å². The van der Waals surface area contributed by atoms with Gasteiger partial charge in [-0.1, -0.05) is 149 Å². The van der Waals surface area contributed by atoms with Gasteiger partial charge in [0, 0.05) is 6.61 Å². The second-order valence-electron chi connectivity index (χ2n) is 9.73. The van der Waals surface area contributed by atoms with Crippen molar-refractivity contribution in [2.45, 2.75) is 168 Å². The summed E-state index contributed by atoms with van der Waals surface area (Å²) >= 11 is 0. The first kappa shape index (κ1) is 34.4. The summed E-state index contributed by atoms with van der Waals surface area (Å²) in [6.07, 6.45) is 31.0. The third kappa shape index (κ3) is 38.8. The fourth-order valence-electron chi connectivity index (χ4n) is 4.12. The molecule has 0 aliphatic carbocycles. The highest BCUT2D eigenvalue weighted by molar-refractivity contribution is 5.53. The van der Waals surface area contributed by atoms with Crippen LogP contribution in [0.1, 0.15) is 168 Å². The summed E-state index contributed by atoms with van der Waals surface area (Å²) < 4.78 is 4.37. The number of hydrogen-bond acceptors (Lipinski definition) is 3. The Balaban J connectivity index is 0. The molecule has 0 atom stereocenters. The van der Waals surface area contributed by atoms with E-state index in [1.165, 1.54) is 141 Å². The van der Waals surface area contributed by atoms with E-state index in [-0.39, 0.29) is 0 Å². The van der Waals surface area contributed by atoms with Crippen LogP contribution in [0.5, 0.6) is 0 Å². The Morgan fingerprint density at radius 3 is 1.06 bits per heavy atom. The summed E-state index contributed by atoms with van der Waals surface area (Å²) in [6.45, 7) is 5.95. The zero-order chi connectivity index (χ0) is 24.7. The molecular formula is C29H61NO3. The maximum absolute atomic E-state index is 10.0. The van der Waals surface area contributed by atoms with Gasteiger partial charge < -0.3 is 20.4 Å². The van der Waals surface area contributed by atoms with E-state index in [9.17, 15) is 9.90 Å². The standard InChI is InChI=1S/C19H38O3.C10H23N/c1-2-3-4-5-6-7-8-9-10-11-12-13-14-15-16-17-18-22-19(20)21;1-2-3-4-5-6-7-8-9-10-11/h2-18H2,1H3,(H,20,21);2-11H2,1H3. The normalized spacial score (nSPS) is 10.6. The van der Waals surface area contributed by atoms with Gasteiger partial charge in [0.1, 0.15) is 0 Å². The van der Waals surface area contributed by atoms with E-state index in [1.54, 1.807) is 0 Å². The summed E-state index contributed by atoms with van der Waals surface area (Å²) in [5.74, 6) is 0. The molecule has 0 aromatic carbocycles. The minimum atomic E-state index is -1.40. The van der Waals surface area contributed by atoms with Gasteiger partial charge in [-0.2, -0.15) is 0 Å². The molecule has 4 heteroatoms. The van der Waals surface area contributed by atoms with Crippen molar-refractivity contribution in [2.24, 2.45) is 0 Å². The summed E-state index contributed by atoms with van der Waals surface area (Å²) in [6, 6.07) is 0. The van der Waals surface area contributed by atoms with Crippen LogP contribution in [-0.4, -0.2) is 19.3 Å². The zero-order valence-electron chi connectivity index (χ0n) is 22.8. The summed E-state index contributed by atoms with van der Waals surface area (Å²) in [7, 11) is 0. The van der Waals surface area contributed by atoms with Crippen LogP contribution in [-0.2, 0) is 4.74 Å².